The average molecular weight is 723 g/mol. The Morgan fingerprint density at radius 2 is 1.45 bits per heavy atom. The van der Waals surface area contributed by atoms with Gasteiger partial charge in [0.25, 0.3) is 17.7 Å². The Morgan fingerprint density at radius 3 is 2.14 bits per heavy atom. The van der Waals surface area contributed by atoms with Crippen molar-refractivity contribution in [2.75, 3.05) is 28.8 Å². The van der Waals surface area contributed by atoms with Crippen molar-refractivity contribution in [3.8, 4) is 0 Å². The van der Waals surface area contributed by atoms with Gasteiger partial charge in [0, 0.05) is 21.8 Å². The van der Waals surface area contributed by atoms with Gasteiger partial charge in [-0.25, -0.2) is 9.18 Å². The van der Waals surface area contributed by atoms with E-state index < -0.39 is 35.4 Å². The van der Waals surface area contributed by atoms with Crippen LogP contribution in [0.5, 0.6) is 0 Å². The number of ether oxygens (including phenoxy) is 1. The molecule has 1 heterocycles. The van der Waals surface area contributed by atoms with E-state index in [-0.39, 0.29) is 26.9 Å². The molecule has 1 aromatic heterocycles. The fraction of sp³-hybridized carbons (Fsp3) is 0.0789. The van der Waals surface area contributed by atoms with Gasteiger partial charge in [-0.05, 0) is 78.7 Å². The number of para-hydroxylation sites is 1. The molecule has 4 N–H and O–H groups in total. The van der Waals surface area contributed by atoms with Gasteiger partial charge < -0.3 is 26.0 Å². The fourth-order valence-corrected chi connectivity index (χ4v) is 6.58. The number of halogens is 1. The number of thiophene rings is 1. The van der Waals surface area contributed by atoms with Gasteiger partial charge in [-0.15, -0.1) is 23.1 Å². The lowest BCUT2D eigenvalue weighted by Crippen LogP contribution is -2.30. The molecule has 0 fully saturated rings. The molecule has 5 aromatic rings. The Kier molecular flexibility index (Phi) is 12.1. The molecule has 0 bridgehead atoms. The van der Waals surface area contributed by atoms with Gasteiger partial charge in [0.2, 0.25) is 5.91 Å². The zero-order chi connectivity index (χ0) is 36.3. The summed E-state index contributed by atoms with van der Waals surface area (Å²) in [7, 11) is 1.22. The van der Waals surface area contributed by atoms with Crippen molar-refractivity contribution in [2.24, 2.45) is 0 Å². The van der Waals surface area contributed by atoms with Crippen LogP contribution in [0.1, 0.15) is 41.5 Å². The van der Waals surface area contributed by atoms with Crippen molar-refractivity contribution in [2.45, 2.75) is 11.8 Å². The second-order valence-electron chi connectivity index (χ2n) is 10.8. The Labute approximate surface area is 301 Å². The molecule has 51 heavy (non-hydrogen) atoms. The van der Waals surface area contributed by atoms with Crippen molar-refractivity contribution < 1.29 is 33.1 Å². The number of methoxy groups -OCH3 is 1. The highest BCUT2D eigenvalue weighted by Gasteiger charge is 2.26. The van der Waals surface area contributed by atoms with Crippen LogP contribution in [0.25, 0.3) is 6.08 Å². The van der Waals surface area contributed by atoms with Gasteiger partial charge in [-0.2, -0.15) is 0 Å². The highest BCUT2D eigenvalue weighted by molar-refractivity contribution is 8.00. The number of carbonyl (C=O) groups is 5. The van der Waals surface area contributed by atoms with Gasteiger partial charge >= 0.3 is 5.97 Å². The van der Waals surface area contributed by atoms with Crippen LogP contribution in [0.2, 0.25) is 0 Å². The largest absolute Gasteiger partial charge is 0.465 e. The van der Waals surface area contributed by atoms with E-state index in [1.54, 1.807) is 85.8 Å². The number of anilines is 3. The summed E-state index contributed by atoms with van der Waals surface area (Å²) in [5, 5.41) is 11.1. The Hall–Kier alpha value is -6.05. The topological polar surface area (TPSA) is 143 Å². The van der Waals surface area contributed by atoms with Gasteiger partial charge in [-0.1, -0.05) is 54.6 Å². The lowest BCUT2D eigenvalue weighted by molar-refractivity contribution is -0.114. The fourth-order valence-electron chi connectivity index (χ4n) is 4.72. The van der Waals surface area contributed by atoms with Gasteiger partial charge in [0.1, 0.15) is 16.5 Å². The molecule has 0 atom stereocenters. The first-order chi connectivity index (χ1) is 24.6. The van der Waals surface area contributed by atoms with Crippen molar-refractivity contribution in [3.05, 3.63) is 148 Å². The van der Waals surface area contributed by atoms with Crippen molar-refractivity contribution in [1.29, 1.82) is 0 Å². The molecule has 0 aliphatic heterocycles. The maximum Gasteiger partial charge on any atom is 0.341 e. The van der Waals surface area contributed by atoms with E-state index in [0.29, 0.717) is 33.0 Å². The van der Waals surface area contributed by atoms with E-state index in [1.807, 2.05) is 6.07 Å². The molecule has 0 aliphatic carbocycles. The van der Waals surface area contributed by atoms with Crippen LogP contribution < -0.4 is 21.3 Å². The predicted molar refractivity (Wildman–Crippen MR) is 198 cm³/mol. The summed E-state index contributed by atoms with van der Waals surface area (Å²) in [4.78, 5) is 66.0. The summed E-state index contributed by atoms with van der Waals surface area (Å²) in [5.74, 6) is -3.21. The Balaban J connectivity index is 1.26. The summed E-state index contributed by atoms with van der Waals surface area (Å²) in [6.07, 6.45) is 1.43. The monoisotopic (exact) mass is 722 g/mol. The maximum atomic E-state index is 13.5. The second-order valence-corrected chi connectivity index (χ2v) is 12.9. The molecule has 13 heteroatoms. The normalized spacial score (nSPS) is 10.9. The van der Waals surface area contributed by atoms with E-state index in [1.165, 1.54) is 49.2 Å². The first-order valence-corrected chi connectivity index (χ1v) is 17.2. The third-order valence-corrected chi connectivity index (χ3v) is 9.40. The minimum atomic E-state index is -0.693. The minimum absolute atomic E-state index is 0.0661. The summed E-state index contributed by atoms with van der Waals surface area (Å²) >= 11 is 2.14. The SMILES string of the molecule is COC(=O)c1c(NC(=O)CSc2cccc(NC(=O)/C(=C\c3ccc(F)cc3)NC(=O)c3ccccc3)c2)sc(C(=O)Nc2ccccc2)c1C. The molecule has 0 spiro atoms. The van der Waals surface area contributed by atoms with Gasteiger partial charge in [0.05, 0.1) is 23.3 Å². The Bertz CT molecular complexity index is 2100. The van der Waals surface area contributed by atoms with E-state index in [2.05, 4.69) is 21.3 Å². The molecule has 10 nitrogen and oxygen atoms in total. The van der Waals surface area contributed by atoms with Crippen LogP contribution in [0, 0.1) is 12.7 Å². The van der Waals surface area contributed by atoms with Crippen LogP contribution in [0.4, 0.5) is 20.8 Å². The first-order valence-electron chi connectivity index (χ1n) is 15.4. The van der Waals surface area contributed by atoms with E-state index in [0.717, 1.165) is 11.3 Å². The number of thioether (sulfide) groups is 1. The molecular weight excluding hydrogens is 692 g/mol. The number of carbonyl (C=O) groups excluding carboxylic acids is 5. The number of amides is 4. The number of nitrogens with one attached hydrogen (secondary N) is 4. The number of hydrogen-bond acceptors (Lipinski definition) is 8. The first kappa shape index (κ1) is 36.2. The smallest absolute Gasteiger partial charge is 0.341 e. The second kappa shape index (κ2) is 17.1. The lowest BCUT2D eigenvalue weighted by Gasteiger charge is -2.12. The minimum Gasteiger partial charge on any atom is -0.465 e. The zero-order valence-corrected chi connectivity index (χ0v) is 29.0. The van der Waals surface area contributed by atoms with Crippen molar-refractivity contribution >= 4 is 75.1 Å². The van der Waals surface area contributed by atoms with Gasteiger partial charge in [0.15, 0.2) is 0 Å². The van der Waals surface area contributed by atoms with E-state index in [4.69, 9.17) is 4.74 Å². The average Bonchev–Trinajstić information content (AvgIpc) is 3.46. The van der Waals surface area contributed by atoms with Gasteiger partial charge in [-0.3, -0.25) is 19.2 Å². The third-order valence-electron chi connectivity index (χ3n) is 7.20. The van der Waals surface area contributed by atoms with Crippen LogP contribution in [-0.2, 0) is 14.3 Å². The molecule has 258 valence electrons. The number of hydrogen-bond donors (Lipinski definition) is 4. The molecule has 4 amide bonds. The maximum absolute atomic E-state index is 13.5. The van der Waals surface area contributed by atoms with Crippen LogP contribution >= 0.6 is 23.1 Å². The molecule has 0 aliphatic rings. The highest BCUT2D eigenvalue weighted by atomic mass is 32.2. The molecule has 0 unspecified atom stereocenters. The molecular formula is C38H31FN4O6S2. The summed E-state index contributed by atoms with van der Waals surface area (Å²) in [5.41, 5.74) is 2.19. The van der Waals surface area contributed by atoms with E-state index >= 15 is 0 Å². The van der Waals surface area contributed by atoms with Crippen LogP contribution in [-0.4, -0.2) is 42.5 Å². The van der Waals surface area contributed by atoms with E-state index in [9.17, 15) is 28.4 Å². The zero-order valence-electron chi connectivity index (χ0n) is 27.3. The van der Waals surface area contributed by atoms with Crippen LogP contribution in [0.15, 0.2) is 120 Å². The van der Waals surface area contributed by atoms with Crippen molar-refractivity contribution in [1.82, 2.24) is 5.32 Å². The summed E-state index contributed by atoms with van der Waals surface area (Å²) < 4.78 is 18.4. The summed E-state index contributed by atoms with van der Waals surface area (Å²) in [6, 6.07) is 29.4. The molecule has 0 saturated carbocycles. The van der Waals surface area contributed by atoms with Crippen molar-refractivity contribution in [3.63, 3.8) is 0 Å². The summed E-state index contributed by atoms with van der Waals surface area (Å²) in [6.45, 7) is 1.61. The standard InChI is InChI=1S/C38H31FN4O6S2/c1-23-32(38(48)49-2)37(51-33(23)36(47)40-27-12-7-4-8-13-27)43-31(44)22-50-29-15-9-14-28(21-29)41-35(46)30(20-24-16-18-26(39)19-17-24)42-34(45)25-10-5-3-6-11-25/h3-21H,22H2,1-2H3,(H,40,47)(H,41,46)(H,42,45)(H,43,44)/b30-20+. The molecule has 0 radical (unpaired) electrons. The molecule has 0 saturated heterocycles. The number of rotatable bonds is 12. The number of benzene rings is 4. The van der Waals surface area contributed by atoms with Crippen LogP contribution in [0.3, 0.4) is 0 Å². The lowest BCUT2D eigenvalue weighted by atomic mass is 10.1. The third kappa shape index (κ3) is 9.78. The molecule has 5 rings (SSSR count). The predicted octanol–water partition coefficient (Wildman–Crippen LogP) is 7.37. The molecule has 4 aromatic carbocycles. The quantitative estimate of drug-likeness (QED) is 0.0598. The number of esters is 1. The Morgan fingerprint density at radius 1 is 0.784 bits per heavy atom. The highest BCUT2D eigenvalue weighted by Crippen LogP contribution is 2.34.